The zero-order valence-corrected chi connectivity index (χ0v) is 16.0. The smallest absolute Gasteiger partial charge is 0.230 e. The number of nitrogens with zero attached hydrogens (tertiary/aromatic N) is 3. The number of carbonyl (C=O) groups excluding carboxylic acids is 1. The van der Waals surface area contributed by atoms with E-state index in [1.807, 2.05) is 35.7 Å². The van der Waals surface area contributed by atoms with Crippen molar-refractivity contribution >= 4 is 63.2 Å². The number of anilines is 3. The van der Waals surface area contributed by atoms with Crippen molar-refractivity contribution in [1.29, 1.82) is 0 Å². The molecule has 0 spiro atoms. The van der Waals surface area contributed by atoms with Crippen LogP contribution in [0.2, 0.25) is 10.0 Å². The van der Waals surface area contributed by atoms with Crippen molar-refractivity contribution in [2.45, 2.75) is 6.92 Å². The molecule has 0 bridgehead atoms. The highest BCUT2D eigenvalue weighted by atomic mass is 35.5. The summed E-state index contributed by atoms with van der Waals surface area (Å²) in [5.41, 5.74) is 4.98. The third kappa shape index (κ3) is 4.40. The number of carbonyl (C=O) groups is 1. The average molecular weight is 405 g/mol. The van der Waals surface area contributed by atoms with E-state index < -0.39 is 0 Å². The number of halogens is 2. The number of hydrogen-bond acceptors (Lipinski definition) is 5. The molecule has 0 radical (unpaired) electrons. The number of amides is 1. The highest BCUT2D eigenvalue weighted by Crippen LogP contribution is 2.28. The van der Waals surface area contributed by atoms with Crippen molar-refractivity contribution in [2.75, 3.05) is 10.3 Å². The van der Waals surface area contributed by atoms with Crippen LogP contribution in [0.25, 0.3) is 0 Å². The van der Waals surface area contributed by atoms with Crippen LogP contribution in [0.4, 0.5) is 16.5 Å². The van der Waals surface area contributed by atoms with E-state index in [9.17, 15) is 4.79 Å². The van der Waals surface area contributed by atoms with Crippen LogP contribution in [0.1, 0.15) is 12.6 Å². The van der Waals surface area contributed by atoms with Crippen molar-refractivity contribution in [2.24, 2.45) is 5.10 Å². The molecular formula is C18H14Cl2N4OS. The van der Waals surface area contributed by atoms with E-state index in [2.05, 4.69) is 15.5 Å². The molecule has 0 aliphatic carbocycles. The standard InChI is InChI=1S/C18H14Cl2N4OS/c1-12(25)24(15-5-3-2-4-6-15)18-22-14(11-26-18)10-21-23-13-7-8-16(19)17(20)9-13/h2-11,23H,1H3/b21-10-. The number of rotatable bonds is 5. The second-order valence-corrected chi connectivity index (χ2v) is 6.89. The molecule has 26 heavy (non-hydrogen) atoms. The predicted molar refractivity (Wildman–Crippen MR) is 109 cm³/mol. The van der Waals surface area contributed by atoms with Gasteiger partial charge in [0.1, 0.15) is 0 Å². The predicted octanol–water partition coefficient (Wildman–Crippen LogP) is 5.58. The molecule has 0 saturated heterocycles. The van der Waals surface area contributed by atoms with Gasteiger partial charge in [-0.3, -0.25) is 15.1 Å². The van der Waals surface area contributed by atoms with E-state index in [-0.39, 0.29) is 5.91 Å². The molecule has 132 valence electrons. The van der Waals surface area contributed by atoms with Gasteiger partial charge >= 0.3 is 0 Å². The van der Waals surface area contributed by atoms with Gasteiger partial charge in [-0.1, -0.05) is 41.4 Å². The highest BCUT2D eigenvalue weighted by molar-refractivity contribution is 7.14. The molecule has 3 aromatic rings. The topological polar surface area (TPSA) is 57.6 Å². The summed E-state index contributed by atoms with van der Waals surface area (Å²) in [4.78, 5) is 18.1. The molecule has 1 heterocycles. The molecule has 0 atom stereocenters. The van der Waals surface area contributed by atoms with Crippen molar-refractivity contribution in [3.8, 4) is 0 Å². The van der Waals surface area contributed by atoms with E-state index in [1.54, 1.807) is 29.3 Å². The van der Waals surface area contributed by atoms with E-state index in [0.717, 1.165) is 5.69 Å². The second-order valence-electron chi connectivity index (χ2n) is 5.24. The van der Waals surface area contributed by atoms with E-state index in [4.69, 9.17) is 23.2 Å². The van der Waals surface area contributed by atoms with Gasteiger partial charge in [0.05, 0.1) is 33.3 Å². The zero-order valence-electron chi connectivity index (χ0n) is 13.7. The first kappa shape index (κ1) is 18.4. The molecule has 2 aromatic carbocycles. The third-order valence-corrected chi connectivity index (χ3v) is 4.92. The molecule has 0 fully saturated rings. The minimum atomic E-state index is -0.108. The molecule has 3 rings (SSSR count). The van der Waals surface area contributed by atoms with Crippen molar-refractivity contribution < 1.29 is 4.79 Å². The van der Waals surface area contributed by atoms with Gasteiger partial charge in [0, 0.05) is 12.3 Å². The lowest BCUT2D eigenvalue weighted by Gasteiger charge is -2.17. The molecule has 1 amide bonds. The highest BCUT2D eigenvalue weighted by Gasteiger charge is 2.17. The first-order valence-corrected chi connectivity index (χ1v) is 9.23. The van der Waals surface area contributed by atoms with Crippen LogP contribution < -0.4 is 10.3 Å². The van der Waals surface area contributed by atoms with Crippen LogP contribution in [0, 0.1) is 0 Å². The quantitative estimate of drug-likeness (QED) is 0.445. The number of para-hydroxylation sites is 1. The Hall–Kier alpha value is -2.41. The molecular weight excluding hydrogens is 391 g/mol. The van der Waals surface area contributed by atoms with Crippen LogP contribution in [-0.2, 0) is 4.79 Å². The third-order valence-electron chi connectivity index (χ3n) is 3.34. The number of aromatic nitrogens is 1. The lowest BCUT2D eigenvalue weighted by atomic mass is 10.3. The maximum atomic E-state index is 12.0. The molecule has 5 nitrogen and oxygen atoms in total. The molecule has 1 aromatic heterocycles. The minimum Gasteiger partial charge on any atom is -0.278 e. The summed E-state index contributed by atoms with van der Waals surface area (Å²) in [6.07, 6.45) is 1.58. The number of benzene rings is 2. The molecule has 1 N–H and O–H groups in total. The van der Waals surface area contributed by atoms with Gasteiger partial charge < -0.3 is 0 Å². The van der Waals surface area contributed by atoms with E-state index >= 15 is 0 Å². The maximum Gasteiger partial charge on any atom is 0.230 e. The van der Waals surface area contributed by atoms with Crippen molar-refractivity contribution in [1.82, 2.24) is 4.98 Å². The fraction of sp³-hybridized carbons (Fsp3) is 0.0556. The summed E-state index contributed by atoms with van der Waals surface area (Å²) < 4.78 is 0. The maximum absolute atomic E-state index is 12.0. The Morgan fingerprint density at radius 2 is 1.96 bits per heavy atom. The summed E-state index contributed by atoms with van der Waals surface area (Å²) in [7, 11) is 0. The molecule has 8 heteroatoms. The summed E-state index contributed by atoms with van der Waals surface area (Å²) in [5, 5.41) is 7.48. The van der Waals surface area contributed by atoms with Crippen molar-refractivity contribution in [3.63, 3.8) is 0 Å². The Morgan fingerprint density at radius 1 is 1.19 bits per heavy atom. The van der Waals surface area contributed by atoms with Crippen LogP contribution in [0.15, 0.2) is 59.0 Å². The van der Waals surface area contributed by atoms with Gasteiger partial charge in [0.15, 0.2) is 5.13 Å². The first-order chi connectivity index (χ1) is 12.5. The lowest BCUT2D eigenvalue weighted by molar-refractivity contribution is -0.115. The Bertz CT molecular complexity index is 943. The number of nitrogens with one attached hydrogen (secondary N) is 1. The largest absolute Gasteiger partial charge is 0.278 e. The summed E-state index contributed by atoms with van der Waals surface area (Å²) in [6.45, 7) is 1.51. The van der Waals surface area contributed by atoms with E-state index in [0.29, 0.717) is 26.6 Å². The molecule has 0 unspecified atom stereocenters. The molecule has 0 aliphatic rings. The second kappa shape index (κ2) is 8.31. The normalized spacial score (nSPS) is 10.9. The fourth-order valence-corrected chi connectivity index (χ4v) is 3.32. The van der Waals surface area contributed by atoms with Gasteiger partial charge in [-0.15, -0.1) is 11.3 Å². The zero-order chi connectivity index (χ0) is 18.5. The monoisotopic (exact) mass is 404 g/mol. The summed E-state index contributed by atoms with van der Waals surface area (Å²) in [5.74, 6) is -0.108. The van der Waals surface area contributed by atoms with Gasteiger partial charge in [0.2, 0.25) is 5.91 Å². The van der Waals surface area contributed by atoms with Crippen LogP contribution in [-0.4, -0.2) is 17.1 Å². The average Bonchev–Trinajstić information content (AvgIpc) is 3.07. The van der Waals surface area contributed by atoms with Crippen LogP contribution in [0.3, 0.4) is 0 Å². The van der Waals surface area contributed by atoms with Gasteiger partial charge in [-0.2, -0.15) is 5.10 Å². The van der Waals surface area contributed by atoms with E-state index in [1.165, 1.54) is 18.3 Å². The number of hydrazone groups is 1. The fourth-order valence-electron chi connectivity index (χ4n) is 2.18. The summed E-state index contributed by atoms with van der Waals surface area (Å²) in [6, 6.07) is 14.5. The Balaban J connectivity index is 1.74. The number of thiazole rings is 1. The Morgan fingerprint density at radius 3 is 2.65 bits per heavy atom. The minimum absolute atomic E-state index is 0.108. The van der Waals surface area contributed by atoms with Crippen molar-refractivity contribution in [3.05, 3.63) is 69.7 Å². The Kier molecular flexibility index (Phi) is 5.88. The van der Waals surface area contributed by atoms with Crippen LogP contribution >= 0.6 is 34.5 Å². The SMILES string of the molecule is CC(=O)N(c1ccccc1)c1nc(/C=N\Nc2ccc(Cl)c(Cl)c2)cs1. The lowest BCUT2D eigenvalue weighted by Crippen LogP contribution is -2.22. The molecule has 0 saturated carbocycles. The van der Waals surface area contributed by atoms with Gasteiger partial charge in [-0.05, 0) is 30.3 Å². The number of hydrogen-bond donors (Lipinski definition) is 1. The van der Waals surface area contributed by atoms with Crippen LogP contribution in [0.5, 0.6) is 0 Å². The van der Waals surface area contributed by atoms with Gasteiger partial charge in [0.25, 0.3) is 0 Å². The Labute approximate surface area is 164 Å². The molecule has 0 aliphatic heterocycles. The first-order valence-electron chi connectivity index (χ1n) is 7.60. The van der Waals surface area contributed by atoms with Gasteiger partial charge in [-0.25, -0.2) is 4.98 Å². The summed E-state index contributed by atoms with van der Waals surface area (Å²) >= 11 is 13.2.